The zero-order chi connectivity index (χ0) is 5.58. The van der Waals surface area contributed by atoms with Crippen molar-refractivity contribution in [2.24, 2.45) is 0 Å². The summed E-state index contributed by atoms with van der Waals surface area (Å²) in [6, 6.07) is 0. The van der Waals surface area contributed by atoms with E-state index in [1.54, 1.807) is 0 Å². The standard InChI is InChI=1S/3ClH.HO3P.O.Sb/c;;;1-4(2)3;;/h3*1H;(H-,1,2,3);;/p+1. The molecule has 9 heteroatoms. The first-order chi connectivity index (χ1) is 2.73. The third kappa shape index (κ3) is 236. The maximum atomic E-state index is 8.70. The second-order valence-electron chi connectivity index (χ2n) is 0.253. The summed E-state index contributed by atoms with van der Waals surface area (Å²) in [5.41, 5.74) is 0. The van der Waals surface area contributed by atoms with Gasteiger partial charge in [0, 0.05) is 4.57 Å². The van der Waals surface area contributed by atoms with Crippen LogP contribution in [0.4, 0.5) is 0 Å². The average molecular weight is 328 g/mol. The molecule has 0 aromatic heterocycles. The Labute approximate surface area is 85.5 Å². The molecule has 0 amide bonds. The van der Waals surface area contributed by atoms with Gasteiger partial charge in [-0.1, -0.05) is 0 Å². The van der Waals surface area contributed by atoms with Gasteiger partial charge in [-0.25, -0.2) is 0 Å². The Hall–Kier alpha value is 1.51. The topological polar surface area (TPSA) is 74.6 Å². The van der Waals surface area contributed by atoms with Crippen LogP contribution in [0.15, 0.2) is 0 Å². The fraction of sp³-hybridized carbons (Fsp3) is 0. The molecular formula is H5Cl3O4PSb+. The SMILES string of the molecule is Cl.Cl.Cl.O=[P+](O)O.[O]=[Sb]. The molecule has 0 aromatic rings. The Kier molecular flexibility index (Phi) is 118. The van der Waals surface area contributed by atoms with Gasteiger partial charge in [-0.3, -0.25) is 0 Å². The number of hydrogen-bond donors (Lipinski definition) is 2. The van der Waals surface area contributed by atoms with E-state index >= 15 is 0 Å². The fourth-order valence-corrected chi connectivity index (χ4v) is 0. The van der Waals surface area contributed by atoms with Crippen LogP contribution in [-0.4, -0.2) is 32.8 Å². The molecule has 0 spiro atoms. The Balaban J connectivity index is -0.00000000990. The zero-order valence-corrected chi connectivity index (χ0v) is 9.73. The van der Waals surface area contributed by atoms with Gasteiger partial charge in [-0.15, -0.1) is 47.0 Å². The Bertz CT molecular complexity index is 47.1. The maximum absolute atomic E-state index is 8.70. The van der Waals surface area contributed by atoms with E-state index in [1.165, 1.54) is 0 Å². The molecule has 0 aliphatic heterocycles. The van der Waals surface area contributed by atoms with Crippen LogP contribution in [0.25, 0.3) is 0 Å². The molecule has 4 nitrogen and oxygen atoms in total. The van der Waals surface area contributed by atoms with E-state index < -0.39 is 8.25 Å². The minimum atomic E-state index is -2.87. The second-order valence-corrected chi connectivity index (χ2v) is 0.758. The summed E-state index contributed by atoms with van der Waals surface area (Å²) in [6.45, 7) is 0. The van der Waals surface area contributed by atoms with Crippen LogP contribution in [0.5, 0.6) is 0 Å². The van der Waals surface area contributed by atoms with Gasteiger partial charge < -0.3 is 0 Å². The van der Waals surface area contributed by atoms with Crippen LogP contribution in [0, 0.1) is 0 Å². The number of rotatable bonds is 0. The van der Waals surface area contributed by atoms with Crippen molar-refractivity contribution in [3.05, 3.63) is 0 Å². The molecule has 0 saturated heterocycles. The number of hydrogen-bond acceptors (Lipinski definition) is 2. The van der Waals surface area contributed by atoms with E-state index in [2.05, 4.69) is 0 Å². The van der Waals surface area contributed by atoms with Crippen molar-refractivity contribution >= 4 is 68.5 Å². The van der Waals surface area contributed by atoms with Crippen molar-refractivity contribution in [1.29, 1.82) is 0 Å². The van der Waals surface area contributed by atoms with Crippen molar-refractivity contribution in [1.82, 2.24) is 0 Å². The summed E-state index contributed by atoms with van der Waals surface area (Å²) < 4.78 is 17.0. The van der Waals surface area contributed by atoms with E-state index in [4.69, 9.17) is 17.4 Å². The molecule has 0 bridgehead atoms. The summed E-state index contributed by atoms with van der Waals surface area (Å²) in [6.07, 6.45) is 0. The Morgan fingerprint density at radius 3 is 1.00 bits per heavy atom. The predicted molar refractivity (Wildman–Crippen MR) is 40.2 cm³/mol. The summed E-state index contributed by atoms with van der Waals surface area (Å²) in [5, 5.41) is 0. The van der Waals surface area contributed by atoms with E-state index in [-0.39, 0.29) is 37.2 Å². The molecule has 0 fully saturated rings. The Morgan fingerprint density at radius 2 is 1.00 bits per heavy atom. The molecule has 0 saturated carbocycles. The summed E-state index contributed by atoms with van der Waals surface area (Å²) in [4.78, 5) is 14.2. The fourth-order valence-electron chi connectivity index (χ4n) is 0. The molecule has 0 aliphatic carbocycles. The molecule has 0 atom stereocenters. The van der Waals surface area contributed by atoms with Gasteiger partial charge in [0.1, 0.15) is 0 Å². The molecule has 9 heavy (non-hydrogen) atoms. The van der Waals surface area contributed by atoms with Gasteiger partial charge >= 0.3 is 34.3 Å². The molecule has 1 radical (unpaired) electrons. The van der Waals surface area contributed by atoms with Gasteiger partial charge in [0.15, 0.2) is 0 Å². The van der Waals surface area contributed by atoms with E-state index in [0.29, 0.717) is 23.0 Å². The molecule has 0 rings (SSSR count). The van der Waals surface area contributed by atoms with E-state index in [1.807, 2.05) is 0 Å². The van der Waals surface area contributed by atoms with Crippen LogP contribution in [0.2, 0.25) is 0 Å². The van der Waals surface area contributed by atoms with Crippen molar-refractivity contribution in [3.8, 4) is 0 Å². The molecule has 2 N–H and O–H groups in total. The molecule has 59 valence electrons. The van der Waals surface area contributed by atoms with E-state index in [0.717, 1.165) is 0 Å². The van der Waals surface area contributed by atoms with Crippen molar-refractivity contribution < 1.29 is 17.4 Å². The van der Waals surface area contributed by atoms with Gasteiger partial charge in [0.2, 0.25) is 0 Å². The van der Waals surface area contributed by atoms with Crippen molar-refractivity contribution in [2.75, 3.05) is 0 Å². The van der Waals surface area contributed by atoms with Gasteiger partial charge in [0.25, 0.3) is 0 Å². The predicted octanol–water partition coefficient (Wildman–Crippen LogP) is 0.394. The average Bonchev–Trinajstić information content (AvgIpc) is 1.41. The van der Waals surface area contributed by atoms with Gasteiger partial charge in [-0.05, 0) is 0 Å². The van der Waals surface area contributed by atoms with Crippen LogP contribution in [0.1, 0.15) is 0 Å². The third-order valence-corrected chi connectivity index (χ3v) is 0. The molecule has 0 aromatic carbocycles. The first-order valence-corrected chi connectivity index (χ1v) is 2.97. The summed E-state index contributed by atoms with van der Waals surface area (Å²) in [5.74, 6) is 0. The number of halogens is 3. The quantitative estimate of drug-likeness (QED) is 0.498. The Morgan fingerprint density at radius 1 is 1.00 bits per heavy atom. The first kappa shape index (κ1) is 31.3. The van der Waals surface area contributed by atoms with Crippen LogP contribution in [-0.2, 0) is 7.58 Å². The van der Waals surface area contributed by atoms with Crippen molar-refractivity contribution in [3.63, 3.8) is 0 Å². The van der Waals surface area contributed by atoms with Crippen LogP contribution in [0.3, 0.4) is 0 Å². The minimum absolute atomic E-state index is 0. The summed E-state index contributed by atoms with van der Waals surface area (Å²) >= 11 is 0.500. The van der Waals surface area contributed by atoms with Gasteiger partial charge in [-0.2, -0.15) is 0 Å². The van der Waals surface area contributed by atoms with Crippen molar-refractivity contribution in [2.45, 2.75) is 0 Å². The van der Waals surface area contributed by atoms with E-state index in [9.17, 15) is 0 Å². The first-order valence-electron chi connectivity index (χ1n) is 0.765. The normalized spacial score (nSPS) is 3.33. The van der Waals surface area contributed by atoms with Gasteiger partial charge in [0.05, 0.1) is 0 Å². The zero-order valence-electron chi connectivity index (χ0n) is 3.83. The molecule has 0 unspecified atom stereocenters. The second kappa shape index (κ2) is 33.9. The molecular weight excluding hydrogens is 323 g/mol. The third-order valence-electron chi connectivity index (χ3n) is 0. The molecule has 0 heterocycles. The van der Waals surface area contributed by atoms with Crippen LogP contribution >= 0.6 is 45.5 Å². The molecule has 0 aliphatic rings. The van der Waals surface area contributed by atoms with Crippen LogP contribution < -0.4 is 0 Å². The monoisotopic (exact) mass is 326 g/mol. The summed E-state index contributed by atoms with van der Waals surface area (Å²) in [7, 11) is -2.87.